The number of hydrogen-bond acceptors (Lipinski definition) is 2. The van der Waals surface area contributed by atoms with Crippen LogP contribution in [0.25, 0.3) is 0 Å². The van der Waals surface area contributed by atoms with Crippen LogP contribution in [0.5, 0.6) is 0 Å². The van der Waals surface area contributed by atoms with Crippen LogP contribution in [0.15, 0.2) is 0 Å². The lowest BCUT2D eigenvalue weighted by Crippen LogP contribution is -2.43. The van der Waals surface area contributed by atoms with Crippen LogP contribution >= 0.6 is 11.8 Å². The van der Waals surface area contributed by atoms with Gasteiger partial charge in [0.1, 0.15) is 0 Å². The molecule has 1 saturated carbocycles. The van der Waals surface area contributed by atoms with Gasteiger partial charge in [0.05, 0.1) is 10.00 Å². The quantitative estimate of drug-likeness (QED) is 0.487. The molecular weight excluding hydrogens is 152 g/mol. The Morgan fingerprint density at radius 1 is 1.56 bits per heavy atom. The van der Waals surface area contributed by atoms with E-state index in [1.54, 1.807) is 0 Å². The van der Waals surface area contributed by atoms with Crippen LogP contribution in [0.1, 0.15) is 13.8 Å². The van der Waals surface area contributed by atoms with E-state index in [0.29, 0.717) is 10.00 Å². The highest BCUT2D eigenvalue weighted by Gasteiger charge is 2.93. The molecule has 9 heavy (non-hydrogen) atoms. The van der Waals surface area contributed by atoms with Crippen LogP contribution in [-0.2, 0) is 10.8 Å². The highest BCUT2D eigenvalue weighted by molar-refractivity contribution is 8.14. The summed E-state index contributed by atoms with van der Waals surface area (Å²) in [4.78, 5) is 0. The first-order chi connectivity index (χ1) is 4.12. The average Bonchev–Trinajstić information content (AvgIpc) is 2.53. The first-order valence-electron chi connectivity index (χ1n) is 3.21. The van der Waals surface area contributed by atoms with E-state index in [1.165, 1.54) is 0 Å². The van der Waals surface area contributed by atoms with Gasteiger partial charge in [-0.1, -0.05) is 0 Å². The summed E-state index contributed by atoms with van der Waals surface area (Å²) in [5.74, 6) is 0. The monoisotopic (exact) mass is 160 g/mol. The Kier molecular flexibility index (Phi) is 0.545. The zero-order chi connectivity index (χ0) is 6.44. The van der Waals surface area contributed by atoms with E-state index < -0.39 is 10.8 Å². The van der Waals surface area contributed by atoms with Crippen molar-refractivity contribution in [2.24, 2.45) is 0 Å². The second-order valence-electron chi connectivity index (χ2n) is 3.47. The van der Waals surface area contributed by atoms with Gasteiger partial charge in [0.2, 0.25) is 0 Å². The third-order valence-corrected chi connectivity index (χ3v) is 7.93. The minimum absolute atomic E-state index is 0.252. The lowest BCUT2D eigenvalue weighted by atomic mass is 9.76. The van der Waals surface area contributed by atoms with E-state index in [-0.39, 0.29) is 4.75 Å². The van der Waals surface area contributed by atoms with Gasteiger partial charge in [-0.05, 0) is 13.8 Å². The number of rotatable bonds is 0. The summed E-state index contributed by atoms with van der Waals surface area (Å²) >= 11 is 2.03. The second-order valence-corrected chi connectivity index (χ2v) is 7.01. The molecule has 0 amide bonds. The molecule has 3 aliphatic rings. The van der Waals surface area contributed by atoms with E-state index in [2.05, 4.69) is 13.8 Å². The first kappa shape index (κ1) is 5.19. The molecule has 0 bridgehead atoms. The predicted molar refractivity (Wildman–Crippen MR) is 40.1 cm³/mol. The van der Waals surface area contributed by atoms with E-state index in [1.807, 2.05) is 11.8 Å². The van der Waals surface area contributed by atoms with Gasteiger partial charge in [0.25, 0.3) is 0 Å². The maximum absolute atomic E-state index is 11.1. The fourth-order valence-corrected chi connectivity index (χ4v) is 7.12. The maximum Gasteiger partial charge on any atom is 0.0744 e. The van der Waals surface area contributed by atoms with Crippen molar-refractivity contribution in [2.45, 2.75) is 33.8 Å². The van der Waals surface area contributed by atoms with Gasteiger partial charge in [0, 0.05) is 20.8 Å². The lowest BCUT2D eigenvalue weighted by molar-refractivity contribution is 0.454. The summed E-state index contributed by atoms with van der Waals surface area (Å²) in [5, 5.41) is 1.37. The van der Waals surface area contributed by atoms with Crippen molar-refractivity contribution < 1.29 is 4.21 Å². The van der Waals surface area contributed by atoms with Crippen molar-refractivity contribution in [3.8, 4) is 0 Å². The molecule has 3 rings (SSSR count). The van der Waals surface area contributed by atoms with Crippen LogP contribution < -0.4 is 0 Å². The molecule has 0 spiro atoms. The third-order valence-electron chi connectivity index (χ3n) is 3.25. The molecule has 3 fully saturated rings. The normalized spacial score (nSPS) is 82.2. The Morgan fingerprint density at radius 2 is 2.22 bits per heavy atom. The minimum atomic E-state index is -0.446. The van der Waals surface area contributed by atoms with Crippen LogP contribution in [0, 0.1) is 0 Å². The Balaban J connectivity index is 2.15. The smallest absolute Gasteiger partial charge is 0.0744 e. The van der Waals surface area contributed by atoms with E-state index >= 15 is 0 Å². The summed E-state index contributed by atoms with van der Waals surface area (Å²) in [5.41, 5.74) is 0. The standard InChI is InChI=1S/C6H8OS2/c1-5-3(8-5)4-6(5,2)9(4)7/h3-4H,1-2H3. The van der Waals surface area contributed by atoms with Gasteiger partial charge in [-0.25, -0.2) is 0 Å². The van der Waals surface area contributed by atoms with E-state index in [4.69, 9.17) is 0 Å². The topological polar surface area (TPSA) is 17.1 Å². The van der Waals surface area contributed by atoms with Gasteiger partial charge >= 0.3 is 0 Å². The van der Waals surface area contributed by atoms with Crippen LogP contribution in [0.4, 0.5) is 0 Å². The maximum atomic E-state index is 11.1. The van der Waals surface area contributed by atoms with Crippen molar-refractivity contribution in [2.75, 3.05) is 0 Å². The summed E-state index contributed by atoms with van der Waals surface area (Å²) in [7, 11) is -0.446. The molecule has 0 radical (unpaired) electrons. The first-order valence-corrected chi connectivity index (χ1v) is 5.30. The van der Waals surface area contributed by atoms with Crippen molar-refractivity contribution in [1.29, 1.82) is 0 Å². The molecular formula is C6H8OS2. The summed E-state index contributed by atoms with van der Waals surface area (Å²) in [6.07, 6.45) is 0. The summed E-state index contributed by atoms with van der Waals surface area (Å²) in [6, 6.07) is 0. The predicted octanol–water partition coefficient (Wildman–Crippen LogP) is 0.764. The van der Waals surface area contributed by atoms with Gasteiger partial charge < -0.3 is 0 Å². The molecule has 5 unspecified atom stereocenters. The molecule has 2 heterocycles. The van der Waals surface area contributed by atoms with E-state index in [0.717, 1.165) is 5.25 Å². The zero-order valence-corrected chi connectivity index (χ0v) is 7.01. The van der Waals surface area contributed by atoms with Gasteiger partial charge in [-0.15, -0.1) is 11.8 Å². The van der Waals surface area contributed by atoms with Crippen molar-refractivity contribution >= 4 is 22.6 Å². The molecule has 2 aliphatic heterocycles. The third kappa shape index (κ3) is 0.270. The summed E-state index contributed by atoms with van der Waals surface area (Å²) < 4.78 is 11.8. The molecule has 5 atom stereocenters. The highest BCUT2D eigenvalue weighted by atomic mass is 32.2. The van der Waals surface area contributed by atoms with Crippen molar-refractivity contribution in [3.63, 3.8) is 0 Å². The molecule has 2 saturated heterocycles. The summed E-state index contributed by atoms with van der Waals surface area (Å²) in [6.45, 7) is 4.42. The average molecular weight is 160 g/mol. The lowest BCUT2D eigenvalue weighted by Gasteiger charge is -2.22. The Morgan fingerprint density at radius 3 is 2.44 bits per heavy atom. The molecule has 1 aliphatic carbocycles. The fourth-order valence-electron chi connectivity index (χ4n) is 2.12. The SMILES string of the molecule is CC12SC1C1S(=O)C12C. The van der Waals surface area contributed by atoms with Gasteiger partial charge in [0.15, 0.2) is 0 Å². The second kappa shape index (κ2) is 0.944. The zero-order valence-electron chi connectivity index (χ0n) is 5.38. The Labute approximate surface area is 61.0 Å². The Hall–Kier alpha value is 0.500. The van der Waals surface area contributed by atoms with Crippen LogP contribution in [0.2, 0.25) is 0 Å². The van der Waals surface area contributed by atoms with Crippen LogP contribution in [-0.4, -0.2) is 24.2 Å². The molecule has 0 aromatic rings. The van der Waals surface area contributed by atoms with Crippen LogP contribution in [0.3, 0.4) is 0 Å². The van der Waals surface area contributed by atoms with Gasteiger partial charge in [-0.3, -0.25) is 4.21 Å². The molecule has 0 N–H and O–H groups in total. The number of fused-ring (bicyclic) bond motifs is 4. The Bertz CT molecular complexity index is 239. The molecule has 3 heteroatoms. The molecule has 0 aromatic carbocycles. The fraction of sp³-hybridized carbons (Fsp3) is 1.00. The van der Waals surface area contributed by atoms with Gasteiger partial charge in [-0.2, -0.15) is 0 Å². The highest BCUT2D eigenvalue weighted by Crippen LogP contribution is 2.83. The molecule has 1 nitrogen and oxygen atoms in total. The number of hydrogen-bond donors (Lipinski definition) is 0. The molecule has 50 valence electrons. The largest absolute Gasteiger partial charge is 0.259 e. The minimum Gasteiger partial charge on any atom is -0.259 e. The van der Waals surface area contributed by atoms with E-state index in [9.17, 15) is 4.21 Å². The molecule has 0 aromatic heterocycles. The number of thioether (sulfide) groups is 1. The van der Waals surface area contributed by atoms with Crippen molar-refractivity contribution in [3.05, 3.63) is 0 Å². The van der Waals surface area contributed by atoms with Crippen molar-refractivity contribution in [1.82, 2.24) is 0 Å².